The van der Waals surface area contributed by atoms with Gasteiger partial charge in [0.2, 0.25) is 0 Å². The van der Waals surface area contributed by atoms with Crippen LogP contribution in [0.1, 0.15) is 24.1 Å². The second kappa shape index (κ2) is 7.18. The highest BCUT2D eigenvalue weighted by Crippen LogP contribution is 2.25. The molecule has 4 rings (SSSR count). The molecule has 2 fully saturated rings. The smallest absolute Gasteiger partial charge is 0.137 e. The Morgan fingerprint density at radius 1 is 1.23 bits per heavy atom. The molecule has 22 heavy (non-hydrogen) atoms. The molecule has 0 spiro atoms. The van der Waals surface area contributed by atoms with Crippen LogP contribution < -0.4 is 5.32 Å². The van der Waals surface area contributed by atoms with E-state index in [4.69, 9.17) is 4.98 Å². The molecule has 4 heterocycles. The summed E-state index contributed by atoms with van der Waals surface area (Å²) >= 11 is 0. The lowest BCUT2D eigenvalue weighted by molar-refractivity contribution is 0.154. The van der Waals surface area contributed by atoms with Crippen LogP contribution >= 0.6 is 24.8 Å². The van der Waals surface area contributed by atoms with Crippen LogP contribution in [-0.4, -0.2) is 40.0 Å². The van der Waals surface area contributed by atoms with E-state index in [0.29, 0.717) is 0 Å². The van der Waals surface area contributed by atoms with Crippen molar-refractivity contribution in [1.82, 2.24) is 19.6 Å². The quantitative estimate of drug-likeness (QED) is 0.910. The zero-order chi connectivity index (χ0) is 13.5. The second-order valence-electron chi connectivity index (χ2n) is 6.34. The van der Waals surface area contributed by atoms with Crippen LogP contribution in [0.5, 0.6) is 0 Å². The standard InChI is InChI=1S/C16H22N4.2ClH/c1-12-2-3-16-18-14(11-20(16)8-12)10-19-7-5-15-13(9-19)4-6-17-15;;/h2-3,8,11,13,15,17H,4-7,9-10H2,1H3;2*1H. The topological polar surface area (TPSA) is 32.6 Å². The van der Waals surface area contributed by atoms with Gasteiger partial charge in [0.15, 0.2) is 0 Å². The van der Waals surface area contributed by atoms with Crippen molar-refractivity contribution >= 4 is 30.5 Å². The molecule has 0 aromatic carbocycles. The van der Waals surface area contributed by atoms with Crippen molar-refractivity contribution < 1.29 is 0 Å². The highest BCUT2D eigenvalue weighted by Gasteiger charge is 2.32. The van der Waals surface area contributed by atoms with Crippen molar-refractivity contribution in [3.8, 4) is 0 Å². The molecule has 122 valence electrons. The van der Waals surface area contributed by atoms with E-state index in [1.54, 1.807) is 0 Å². The molecular weight excluding hydrogens is 319 g/mol. The normalized spacial score (nSPS) is 24.6. The van der Waals surface area contributed by atoms with E-state index >= 15 is 0 Å². The summed E-state index contributed by atoms with van der Waals surface area (Å²) in [7, 11) is 0. The third kappa shape index (κ3) is 3.40. The average Bonchev–Trinajstić information content (AvgIpc) is 3.03. The van der Waals surface area contributed by atoms with Gasteiger partial charge in [-0.15, -0.1) is 24.8 Å². The highest BCUT2D eigenvalue weighted by atomic mass is 35.5. The average molecular weight is 343 g/mol. The molecule has 2 aromatic heterocycles. The molecule has 0 bridgehead atoms. The number of nitrogens with zero attached hydrogens (tertiary/aromatic N) is 3. The number of fused-ring (bicyclic) bond motifs is 2. The van der Waals surface area contributed by atoms with Crippen LogP contribution in [0.15, 0.2) is 24.5 Å². The largest absolute Gasteiger partial charge is 0.314 e. The Kier molecular flexibility index (Phi) is 5.72. The molecule has 6 heteroatoms. The van der Waals surface area contributed by atoms with Gasteiger partial charge in [0, 0.05) is 38.1 Å². The number of hydrogen-bond acceptors (Lipinski definition) is 3. The zero-order valence-corrected chi connectivity index (χ0v) is 14.5. The van der Waals surface area contributed by atoms with Crippen LogP contribution in [0.3, 0.4) is 0 Å². The van der Waals surface area contributed by atoms with Crippen LogP contribution in [0.25, 0.3) is 5.65 Å². The number of rotatable bonds is 2. The first-order valence-electron chi connectivity index (χ1n) is 7.68. The van der Waals surface area contributed by atoms with Gasteiger partial charge in [-0.25, -0.2) is 4.98 Å². The molecule has 0 saturated carbocycles. The van der Waals surface area contributed by atoms with E-state index in [2.05, 4.69) is 46.1 Å². The number of piperidine rings is 1. The van der Waals surface area contributed by atoms with Crippen LogP contribution in [0, 0.1) is 12.8 Å². The Morgan fingerprint density at radius 2 is 2.09 bits per heavy atom. The summed E-state index contributed by atoms with van der Waals surface area (Å²) < 4.78 is 2.15. The van der Waals surface area contributed by atoms with Crippen molar-refractivity contribution in [3.63, 3.8) is 0 Å². The van der Waals surface area contributed by atoms with Gasteiger partial charge in [-0.1, -0.05) is 6.07 Å². The van der Waals surface area contributed by atoms with Crippen molar-refractivity contribution in [2.45, 2.75) is 32.4 Å². The van der Waals surface area contributed by atoms with E-state index in [9.17, 15) is 0 Å². The van der Waals surface area contributed by atoms with Gasteiger partial charge in [0.05, 0.1) is 5.69 Å². The minimum atomic E-state index is 0. The SMILES string of the molecule is Cc1ccc2nc(CN3CCC4NCCC4C3)cn2c1.Cl.Cl. The maximum atomic E-state index is 4.74. The molecule has 4 nitrogen and oxygen atoms in total. The lowest BCUT2D eigenvalue weighted by atomic mass is 9.93. The molecule has 0 aliphatic carbocycles. The Bertz CT molecular complexity index is 628. The fourth-order valence-electron chi connectivity index (χ4n) is 3.73. The molecule has 0 radical (unpaired) electrons. The molecule has 2 atom stereocenters. The predicted molar refractivity (Wildman–Crippen MR) is 94.2 cm³/mol. The number of nitrogens with one attached hydrogen (secondary N) is 1. The van der Waals surface area contributed by atoms with Gasteiger partial charge >= 0.3 is 0 Å². The van der Waals surface area contributed by atoms with Crippen molar-refractivity contribution in [2.24, 2.45) is 5.92 Å². The van der Waals surface area contributed by atoms with E-state index in [1.165, 1.54) is 43.7 Å². The summed E-state index contributed by atoms with van der Waals surface area (Å²) in [5.74, 6) is 0.850. The van der Waals surface area contributed by atoms with E-state index in [1.807, 2.05) is 0 Å². The molecule has 1 N–H and O–H groups in total. The van der Waals surface area contributed by atoms with Crippen LogP contribution in [0.2, 0.25) is 0 Å². The van der Waals surface area contributed by atoms with Gasteiger partial charge in [-0.2, -0.15) is 0 Å². The number of aromatic nitrogens is 2. The first-order chi connectivity index (χ1) is 9.78. The lowest BCUT2D eigenvalue weighted by Gasteiger charge is -2.34. The van der Waals surface area contributed by atoms with E-state index in [-0.39, 0.29) is 24.8 Å². The molecular formula is C16H24Cl2N4. The van der Waals surface area contributed by atoms with Crippen molar-refractivity contribution in [3.05, 3.63) is 35.8 Å². The summed E-state index contributed by atoms with van der Waals surface area (Å²) in [5.41, 5.74) is 3.53. The fraction of sp³-hybridized carbons (Fsp3) is 0.562. The Hall–Kier alpha value is -0.810. The maximum absolute atomic E-state index is 4.74. The summed E-state index contributed by atoms with van der Waals surface area (Å²) in [6.07, 6.45) is 6.96. The number of likely N-dealkylation sites (tertiary alicyclic amines) is 1. The van der Waals surface area contributed by atoms with Gasteiger partial charge in [0.25, 0.3) is 0 Å². The molecule has 0 amide bonds. The minimum absolute atomic E-state index is 0. The fourth-order valence-corrected chi connectivity index (χ4v) is 3.73. The number of hydrogen-bond donors (Lipinski definition) is 1. The first-order valence-corrected chi connectivity index (χ1v) is 7.68. The summed E-state index contributed by atoms with van der Waals surface area (Å²) in [6, 6.07) is 5.00. The Labute approximate surface area is 144 Å². The Morgan fingerprint density at radius 3 is 2.95 bits per heavy atom. The third-order valence-electron chi connectivity index (χ3n) is 4.77. The van der Waals surface area contributed by atoms with Gasteiger partial charge in [0.1, 0.15) is 5.65 Å². The molecule has 2 aliphatic rings. The van der Waals surface area contributed by atoms with Gasteiger partial charge in [-0.3, -0.25) is 4.90 Å². The molecule has 2 aliphatic heterocycles. The van der Waals surface area contributed by atoms with E-state index < -0.39 is 0 Å². The first kappa shape index (κ1) is 17.5. The summed E-state index contributed by atoms with van der Waals surface area (Å²) in [6.45, 7) is 6.74. The zero-order valence-electron chi connectivity index (χ0n) is 12.9. The lowest BCUT2D eigenvalue weighted by Crippen LogP contribution is -2.43. The highest BCUT2D eigenvalue weighted by molar-refractivity contribution is 5.85. The summed E-state index contributed by atoms with van der Waals surface area (Å²) in [5, 5.41) is 3.62. The third-order valence-corrected chi connectivity index (χ3v) is 4.77. The summed E-state index contributed by atoms with van der Waals surface area (Å²) in [4.78, 5) is 7.31. The molecule has 2 unspecified atom stereocenters. The van der Waals surface area contributed by atoms with Crippen LogP contribution in [-0.2, 0) is 6.54 Å². The minimum Gasteiger partial charge on any atom is -0.314 e. The number of aryl methyl sites for hydroxylation is 1. The van der Waals surface area contributed by atoms with Gasteiger partial charge < -0.3 is 9.72 Å². The second-order valence-corrected chi connectivity index (χ2v) is 6.34. The monoisotopic (exact) mass is 342 g/mol. The van der Waals surface area contributed by atoms with Crippen molar-refractivity contribution in [1.29, 1.82) is 0 Å². The maximum Gasteiger partial charge on any atom is 0.137 e. The van der Waals surface area contributed by atoms with E-state index in [0.717, 1.165) is 24.2 Å². The molecule has 2 aromatic rings. The van der Waals surface area contributed by atoms with Crippen molar-refractivity contribution in [2.75, 3.05) is 19.6 Å². The van der Waals surface area contributed by atoms with Gasteiger partial charge in [-0.05, 0) is 43.9 Å². The molecule has 2 saturated heterocycles. The predicted octanol–water partition coefficient (Wildman–Crippen LogP) is 2.67. The number of pyridine rings is 1. The number of halogens is 2. The van der Waals surface area contributed by atoms with Crippen LogP contribution in [0.4, 0.5) is 0 Å². The Balaban J connectivity index is 0.000000882. The number of imidazole rings is 1.